The van der Waals surface area contributed by atoms with Gasteiger partial charge in [0.1, 0.15) is 5.82 Å². The Labute approximate surface area is 126 Å². The van der Waals surface area contributed by atoms with Crippen molar-refractivity contribution in [2.45, 2.75) is 32.7 Å². The van der Waals surface area contributed by atoms with Crippen LogP contribution < -0.4 is 0 Å². The number of aromatic nitrogens is 4. The molecule has 0 aromatic carbocycles. The van der Waals surface area contributed by atoms with Crippen LogP contribution in [0.4, 0.5) is 0 Å². The maximum atomic E-state index is 12.7. The zero-order valence-electron chi connectivity index (χ0n) is 11.7. The van der Waals surface area contributed by atoms with E-state index in [1.807, 2.05) is 0 Å². The molecule has 2 aromatic rings. The Balaban J connectivity index is 1.91. The summed E-state index contributed by atoms with van der Waals surface area (Å²) in [5.41, 5.74) is 0.219. The van der Waals surface area contributed by atoms with Gasteiger partial charge in [0.15, 0.2) is 11.5 Å². The summed E-state index contributed by atoms with van der Waals surface area (Å²) in [6, 6.07) is -0.193. The van der Waals surface area contributed by atoms with Gasteiger partial charge in [0.25, 0.3) is 5.91 Å². The van der Waals surface area contributed by atoms with E-state index in [9.17, 15) is 4.79 Å². The highest BCUT2D eigenvalue weighted by Crippen LogP contribution is 2.32. The van der Waals surface area contributed by atoms with E-state index in [4.69, 9.17) is 16.1 Å². The van der Waals surface area contributed by atoms with Crippen LogP contribution in [0.15, 0.2) is 10.7 Å². The fourth-order valence-corrected chi connectivity index (χ4v) is 2.64. The molecule has 1 saturated heterocycles. The van der Waals surface area contributed by atoms with Crippen LogP contribution in [0.5, 0.6) is 0 Å². The quantitative estimate of drug-likeness (QED) is 0.844. The monoisotopic (exact) mass is 307 g/mol. The van der Waals surface area contributed by atoms with Gasteiger partial charge >= 0.3 is 0 Å². The van der Waals surface area contributed by atoms with Crippen LogP contribution in [0.1, 0.15) is 46.9 Å². The minimum Gasteiger partial charge on any atom is -0.340 e. The smallest absolute Gasteiger partial charge is 0.274 e. The molecule has 0 radical (unpaired) electrons. The summed E-state index contributed by atoms with van der Waals surface area (Å²) in [6.45, 7) is 4.07. The van der Waals surface area contributed by atoms with Gasteiger partial charge in [0.2, 0.25) is 5.89 Å². The molecule has 0 saturated carbocycles. The zero-order valence-corrected chi connectivity index (χ0v) is 12.5. The number of hydrogen-bond donors (Lipinski definition) is 0. The molecule has 3 rings (SSSR count). The summed E-state index contributed by atoms with van der Waals surface area (Å²) in [4.78, 5) is 26.7. The van der Waals surface area contributed by atoms with Crippen LogP contribution in [0, 0.1) is 13.8 Å². The predicted molar refractivity (Wildman–Crippen MR) is 73.8 cm³/mol. The van der Waals surface area contributed by atoms with E-state index in [1.165, 1.54) is 6.20 Å². The van der Waals surface area contributed by atoms with Crippen molar-refractivity contribution in [1.82, 2.24) is 25.0 Å². The fraction of sp³-hybridized carbons (Fsp3) is 0.462. The highest BCUT2D eigenvalue weighted by Gasteiger charge is 2.35. The molecule has 0 bridgehead atoms. The van der Waals surface area contributed by atoms with Gasteiger partial charge in [0, 0.05) is 13.5 Å². The van der Waals surface area contributed by atoms with E-state index < -0.39 is 0 Å². The van der Waals surface area contributed by atoms with E-state index >= 15 is 0 Å². The van der Waals surface area contributed by atoms with Crippen molar-refractivity contribution in [1.29, 1.82) is 0 Å². The van der Waals surface area contributed by atoms with Crippen LogP contribution in [-0.2, 0) is 0 Å². The minimum absolute atomic E-state index is 0.193. The molecule has 8 heteroatoms. The SMILES string of the molecule is Cc1ncc(Cl)c(C(=O)N2CCCC2c2noc(C)n2)n1. The summed E-state index contributed by atoms with van der Waals surface area (Å²) in [5, 5.41) is 4.17. The van der Waals surface area contributed by atoms with Gasteiger partial charge < -0.3 is 9.42 Å². The molecule has 21 heavy (non-hydrogen) atoms. The van der Waals surface area contributed by atoms with E-state index in [-0.39, 0.29) is 22.7 Å². The topological polar surface area (TPSA) is 85.0 Å². The second-order valence-electron chi connectivity index (χ2n) is 4.94. The zero-order chi connectivity index (χ0) is 15.0. The van der Waals surface area contributed by atoms with Gasteiger partial charge in [0.05, 0.1) is 17.3 Å². The normalized spacial score (nSPS) is 18.2. The summed E-state index contributed by atoms with van der Waals surface area (Å²) in [5.74, 6) is 1.30. The van der Waals surface area contributed by atoms with Gasteiger partial charge in [-0.05, 0) is 19.8 Å². The van der Waals surface area contributed by atoms with Gasteiger partial charge in [-0.15, -0.1) is 0 Å². The summed E-state index contributed by atoms with van der Waals surface area (Å²) in [7, 11) is 0. The molecule has 110 valence electrons. The number of likely N-dealkylation sites (tertiary alicyclic amines) is 1. The summed E-state index contributed by atoms with van der Waals surface area (Å²) >= 11 is 6.05. The first-order chi connectivity index (χ1) is 10.1. The van der Waals surface area contributed by atoms with Crippen molar-refractivity contribution in [3.63, 3.8) is 0 Å². The number of aryl methyl sites for hydroxylation is 2. The highest BCUT2D eigenvalue weighted by atomic mass is 35.5. The molecule has 2 aromatic heterocycles. The van der Waals surface area contributed by atoms with E-state index in [1.54, 1.807) is 18.7 Å². The lowest BCUT2D eigenvalue weighted by Crippen LogP contribution is -2.32. The number of carbonyl (C=O) groups excluding carboxylic acids is 1. The molecule has 1 amide bonds. The third kappa shape index (κ3) is 2.61. The van der Waals surface area contributed by atoms with Crippen LogP contribution >= 0.6 is 11.6 Å². The first-order valence-electron chi connectivity index (χ1n) is 6.66. The van der Waals surface area contributed by atoms with Crippen LogP contribution in [0.2, 0.25) is 5.02 Å². The van der Waals surface area contributed by atoms with Crippen molar-refractivity contribution in [3.05, 3.63) is 34.5 Å². The average molecular weight is 308 g/mol. The standard InChI is InChI=1S/C13H14ClN5O2/c1-7-15-6-9(14)11(16-7)13(20)19-5-3-4-10(19)12-17-8(2)21-18-12/h6,10H,3-5H2,1-2H3. The van der Waals surface area contributed by atoms with Gasteiger partial charge in [-0.1, -0.05) is 16.8 Å². The molecule has 1 fully saturated rings. The number of nitrogens with zero attached hydrogens (tertiary/aromatic N) is 5. The maximum absolute atomic E-state index is 12.7. The maximum Gasteiger partial charge on any atom is 0.274 e. The molecule has 1 aliphatic heterocycles. The third-order valence-electron chi connectivity index (χ3n) is 3.42. The number of rotatable bonds is 2. The Morgan fingerprint density at radius 3 is 2.95 bits per heavy atom. The number of hydrogen-bond acceptors (Lipinski definition) is 6. The molecule has 7 nitrogen and oxygen atoms in total. The van der Waals surface area contributed by atoms with Crippen molar-refractivity contribution in [2.75, 3.05) is 6.54 Å². The molecule has 0 N–H and O–H groups in total. The fourth-order valence-electron chi connectivity index (χ4n) is 2.47. The molecule has 3 heterocycles. The lowest BCUT2D eigenvalue weighted by atomic mass is 10.2. The second kappa shape index (κ2) is 5.40. The molecule has 1 atom stereocenters. The van der Waals surface area contributed by atoms with Gasteiger partial charge in [-0.3, -0.25) is 4.79 Å². The van der Waals surface area contributed by atoms with E-state index in [0.29, 0.717) is 24.1 Å². The third-order valence-corrected chi connectivity index (χ3v) is 3.70. The Morgan fingerprint density at radius 2 is 2.24 bits per heavy atom. The number of amides is 1. The van der Waals surface area contributed by atoms with E-state index in [2.05, 4.69) is 20.1 Å². The van der Waals surface area contributed by atoms with Crippen molar-refractivity contribution < 1.29 is 9.32 Å². The van der Waals surface area contributed by atoms with Gasteiger partial charge in [-0.25, -0.2) is 9.97 Å². The average Bonchev–Trinajstić information content (AvgIpc) is 3.09. The Hall–Kier alpha value is -2.02. The van der Waals surface area contributed by atoms with Crippen molar-refractivity contribution >= 4 is 17.5 Å². The van der Waals surface area contributed by atoms with E-state index in [0.717, 1.165) is 12.8 Å². The first-order valence-corrected chi connectivity index (χ1v) is 7.04. The lowest BCUT2D eigenvalue weighted by Gasteiger charge is -2.22. The summed E-state index contributed by atoms with van der Waals surface area (Å²) < 4.78 is 5.00. The predicted octanol–water partition coefficient (Wildman–Crippen LogP) is 2.11. The number of halogens is 1. The second-order valence-corrected chi connectivity index (χ2v) is 5.35. The summed E-state index contributed by atoms with van der Waals surface area (Å²) in [6.07, 6.45) is 3.12. The highest BCUT2D eigenvalue weighted by molar-refractivity contribution is 6.33. The lowest BCUT2D eigenvalue weighted by molar-refractivity contribution is 0.0722. The molecule has 0 spiro atoms. The van der Waals surface area contributed by atoms with Crippen molar-refractivity contribution in [3.8, 4) is 0 Å². The van der Waals surface area contributed by atoms with Crippen LogP contribution in [0.25, 0.3) is 0 Å². The molecule has 1 aliphatic rings. The first kappa shape index (κ1) is 13.9. The molecule has 0 aliphatic carbocycles. The van der Waals surface area contributed by atoms with Crippen molar-refractivity contribution in [2.24, 2.45) is 0 Å². The van der Waals surface area contributed by atoms with Crippen LogP contribution in [-0.4, -0.2) is 37.5 Å². The van der Waals surface area contributed by atoms with Gasteiger partial charge in [-0.2, -0.15) is 4.98 Å². The molecule has 1 unspecified atom stereocenters. The largest absolute Gasteiger partial charge is 0.340 e. The van der Waals surface area contributed by atoms with Crippen LogP contribution in [0.3, 0.4) is 0 Å². The molecular formula is C13H14ClN5O2. The Kier molecular flexibility index (Phi) is 3.59. The minimum atomic E-state index is -0.226. The Bertz CT molecular complexity index is 687. The Morgan fingerprint density at radius 1 is 1.43 bits per heavy atom. The number of carbonyl (C=O) groups is 1. The molecular weight excluding hydrogens is 294 g/mol.